The maximum atomic E-state index is 5.30. The zero-order valence-corrected chi connectivity index (χ0v) is 35.5. The number of pyridine rings is 1. The van der Waals surface area contributed by atoms with Gasteiger partial charge in [0.15, 0.2) is 0 Å². The molecule has 52 heavy (non-hydrogen) atoms. The number of hydrogen-bond donors (Lipinski definition) is 0. The Labute approximate surface area is 323 Å². The Balaban J connectivity index is 0.000000307. The van der Waals surface area contributed by atoms with E-state index in [1.54, 1.807) is 12.4 Å². The van der Waals surface area contributed by atoms with Crippen LogP contribution in [0.5, 0.6) is 17.2 Å². The SMILES string of the molecule is CC(C)C.CC(C)C.CC(C)C.CC(C)C.c1cc2c(cn1)OCC2.c1ccc2c(c1)CCO2.c1ccc2c(c1)CCO2.c1ccc2c(c1)CCS2. The highest BCUT2D eigenvalue weighted by atomic mass is 32.2. The normalized spacial score (nSPS) is 13.1. The number of fused-ring (bicyclic) bond motifs is 4. The molecule has 4 aliphatic heterocycles. The molecule has 4 nitrogen and oxygen atoms in total. The van der Waals surface area contributed by atoms with Gasteiger partial charge in [-0.2, -0.15) is 0 Å². The third-order valence-corrected chi connectivity index (χ3v) is 7.42. The van der Waals surface area contributed by atoms with E-state index in [0.29, 0.717) is 0 Å². The summed E-state index contributed by atoms with van der Waals surface area (Å²) in [5.41, 5.74) is 5.50. The molecule has 0 amide bonds. The van der Waals surface area contributed by atoms with E-state index in [2.05, 4.69) is 124 Å². The molecule has 0 bridgehead atoms. The van der Waals surface area contributed by atoms with Gasteiger partial charge in [-0.05, 0) is 71.0 Å². The number of thioether (sulfide) groups is 1. The van der Waals surface area contributed by atoms with Crippen LogP contribution in [0.15, 0.2) is 96.2 Å². The van der Waals surface area contributed by atoms with Gasteiger partial charge in [0.2, 0.25) is 0 Å². The number of aromatic nitrogens is 1. The monoisotopic (exact) mass is 730 g/mol. The minimum absolute atomic E-state index is 0.820. The molecule has 0 radical (unpaired) electrons. The Morgan fingerprint density at radius 2 is 0.808 bits per heavy atom. The van der Waals surface area contributed by atoms with Crippen LogP contribution in [-0.4, -0.2) is 30.6 Å². The van der Waals surface area contributed by atoms with E-state index in [1.165, 1.54) is 39.3 Å². The van der Waals surface area contributed by atoms with Gasteiger partial charge in [0.25, 0.3) is 0 Å². The molecule has 0 unspecified atom stereocenters. The first-order valence-electron chi connectivity index (χ1n) is 19.5. The summed E-state index contributed by atoms with van der Waals surface area (Å²) in [6, 6.07) is 27.0. The van der Waals surface area contributed by atoms with E-state index in [4.69, 9.17) is 14.2 Å². The van der Waals surface area contributed by atoms with Crippen LogP contribution in [0.2, 0.25) is 0 Å². The second-order valence-corrected chi connectivity index (χ2v) is 16.8. The van der Waals surface area contributed by atoms with Crippen molar-refractivity contribution < 1.29 is 14.2 Å². The minimum atomic E-state index is 0.820. The van der Waals surface area contributed by atoms with Crippen molar-refractivity contribution in [3.8, 4) is 17.2 Å². The van der Waals surface area contributed by atoms with Crippen molar-refractivity contribution in [2.75, 3.05) is 25.6 Å². The topological polar surface area (TPSA) is 40.6 Å². The fourth-order valence-electron chi connectivity index (χ4n) is 4.38. The molecule has 3 aromatic carbocycles. The third kappa shape index (κ3) is 23.2. The molecule has 0 atom stereocenters. The van der Waals surface area contributed by atoms with Crippen LogP contribution in [0.3, 0.4) is 0 Å². The van der Waals surface area contributed by atoms with Crippen molar-refractivity contribution in [2.24, 2.45) is 23.7 Å². The van der Waals surface area contributed by atoms with E-state index in [1.807, 2.05) is 54.2 Å². The molecule has 0 spiro atoms. The van der Waals surface area contributed by atoms with Crippen molar-refractivity contribution in [3.05, 3.63) is 114 Å². The molecule has 1 aromatic heterocycles. The Morgan fingerprint density at radius 1 is 0.442 bits per heavy atom. The quantitative estimate of drug-likeness (QED) is 0.180. The van der Waals surface area contributed by atoms with Gasteiger partial charge in [0.1, 0.15) is 17.2 Å². The summed E-state index contributed by atoms with van der Waals surface area (Å²) in [5, 5.41) is 0. The van der Waals surface area contributed by atoms with E-state index in [-0.39, 0.29) is 0 Å². The number of hydrogen-bond acceptors (Lipinski definition) is 5. The van der Waals surface area contributed by atoms with Gasteiger partial charge in [0, 0.05) is 41.7 Å². The van der Waals surface area contributed by atoms with E-state index in [0.717, 1.165) is 80.0 Å². The summed E-state index contributed by atoms with van der Waals surface area (Å²) in [7, 11) is 0. The molecule has 0 saturated heterocycles. The Kier molecular flexibility index (Phi) is 25.2. The predicted octanol–water partition coefficient (Wildman–Crippen LogP) is 13.2. The molecule has 0 N–H and O–H groups in total. The molecular weight excluding hydrogens is 659 g/mol. The zero-order valence-electron chi connectivity index (χ0n) is 34.7. The first kappa shape index (κ1) is 46.6. The molecule has 4 aromatic rings. The highest BCUT2D eigenvalue weighted by molar-refractivity contribution is 7.99. The molecule has 5 heteroatoms. The Morgan fingerprint density at radius 3 is 1.21 bits per heavy atom. The van der Waals surface area contributed by atoms with Gasteiger partial charge < -0.3 is 14.2 Å². The number of benzene rings is 3. The summed E-state index contributed by atoms with van der Waals surface area (Å²) in [6.45, 7) is 28.5. The minimum Gasteiger partial charge on any atom is -0.493 e. The van der Waals surface area contributed by atoms with Gasteiger partial charge in [-0.1, -0.05) is 138 Å². The fraction of sp³-hybridized carbons (Fsp3) is 0.511. The first-order chi connectivity index (χ1) is 24.8. The summed E-state index contributed by atoms with van der Waals surface area (Å²) >= 11 is 1.97. The third-order valence-electron chi connectivity index (χ3n) is 6.30. The molecule has 0 aliphatic carbocycles. The van der Waals surface area contributed by atoms with Crippen LogP contribution in [0.1, 0.15) is 105 Å². The van der Waals surface area contributed by atoms with Crippen LogP contribution in [0.4, 0.5) is 0 Å². The summed E-state index contributed by atoms with van der Waals surface area (Å²) in [6.07, 6.45) is 8.03. The Bertz CT molecular complexity index is 1140. The van der Waals surface area contributed by atoms with E-state index < -0.39 is 0 Å². The Hall–Kier alpha value is -3.44. The number of nitrogens with zero attached hydrogens (tertiary/aromatic N) is 1. The largest absolute Gasteiger partial charge is 0.493 e. The lowest BCUT2D eigenvalue weighted by Crippen LogP contribution is -1.85. The van der Waals surface area contributed by atoms with E-state index >= 15 is 0 Å². The van der Waals surface area contributed by atoms with Gasteiger partial charge in [-0.15, -0.1) is 11.8 Å². The van der Waals surface area contributed by atoms with E-state index in [9.17, 15) is 0 Å². The standard InChI is InChI=1S/2C8H8O.C8H8S.C7H7NO.4C4H10/c3*1-2-4-8-7(3-1)5-6-9-8;1-3-8-5-7-6(1)2-4-9-7;4*1-4(2)3/h3*1-4H,5-6H2;1,3,5H,2,4H2;4*4H,1-3H3. The average molecular weight is 730 g/mol. The smallest absolute Gasteiger partial charge is 0.140 e. The molecule has 0 saturated carbocycles. The van der Waals surface area contributed by atoms with Crippen LogP contribution in [0, 0.1) is 23.7 Å². The van der Waals surface area contributed by atoms with Gasteiger partial charge in [-0.25, -0.2) is 0 Å². The highest BCUT2D eigenvalue weighted by Gasteiger charge is 2.11. The number of ether oxygens (including phenoxy) is 3. The van der Waals surface area contributed by atoms with Crippen LogP contribution < -0.4 is 14.2 Å². The number of aryl methyl sites for hydroxylation is 1. The van der Waals surface area contributed by atoms with Crippen LogP contribution in [-0.2, 0) is 25.7 Å². The lowest BCUT2D eigenvalue weighted by atomic mass is 10.2. The lowest BCUT2D eigenvalue weighted by Gasteiger charge is -1.93. The second-order valence-electron chi connectivity index (χ2n) is 15.6. The lowest BCUT2D eigenvalue weighted by molar-refractivity contribution is 0.355. The molecule has 5 heterocycles. The summed E-state index contributed by atoms with van der Waals surface area (Å²) in [5.74, 6) is 7.70. The van der Waals surface area contributed by atoms with Gasteiger partial charge in [0.05, 0.1) is 26.0 Å². The van der Waals surface area contributed by atoms with Crippen molar-refractivity contribution in [2.45, 2.75) is 114 Å². The zero-order chi connectivity index (χ0) is 38.7. The number of para-hydroxylation sites is 2. The van der Waals surface area contributed by atoms with Gasteiger partial charge in [-0.3, -0.25) is 4.98 Å². The van der Waals surface area contributed by atoms with Crippen molar-refractivity contribution in [1.82, 2.24) is 4.98 Å². The van der Waals surface area contributed by atoms with Crippen molar-refractivity contribution >= 4 is 11.8 Å². The average Bonchev–Trinajstić information content (AvgIpc) is 3.91. The summed E-state index contributed by atoms with van der Waals surface area (Å²) < 4.78 is 15.8. The van der Waals surface area contributed by atoms with Crippen LogP contribution >= 0.6 is 11.8 Å². The molecule has 4 aliphatic rings. The number of rotatable bonds is 0. The summed E-state index contributed by atoms with van der Waals surface area (Å²) in [4.78, 5) is 5.42. The predicted molar refractivity (Wildman–Crippen MR) is 228 cm³/mol. The van der Waals surface area contributed by atoms with Crippen molar-refractivity contribution in [1.29, 1.82) is 0 Å². The molecule has 0 fully saturated rings. The maximum absolute atomic E-state index is 5.30. The molecule has 288 valence electrons. The van der Waals surface area contributed by atoms with Gasteiger partial charge >= 0.3 is 0 Å². The maximum Gasteiger partial charge on any atom is 0.140 e. The first-order valence-corrected chi connectivity index (χ1v) is 20.5. The second kappa shape index (κ2) is 28.1. The molecular formula is C47H71NO3S. The van der Waals surface area contributed by atoms with Crippen LogP contribution in [0.25, 0.3) is 0 Å². The fourth-order valence-corrected chi connectivity index (χ4v) is 5.45. The molecule has 8 rings (SSSR count). The van der Waals surface area contributed by atoms with Crippen molar-refractivity contribution in [3.63, 3.8) is 0 Å². The highest BCUT2D eigenvalue weighted by Crippen LogP contribution is 2.30.